The Morgan fingerprint density at radius 3 is 2.67 bits per heavy atom. The smallest absolute Gasteiger partial charge is 0.103 e. The maximum atomic E-state index is 9.32. The Hall–Kier alpha value is -2.93. The molecule has 2 heterocycles. The average Bonchev–Trinajstić information content (AvgIpc) is 2.56. The lowest BCUT2D eigenvalue weighted by atomic mass is 10.1. The summed E-state index contributed by atoms with van der Waals surface area (Å²) in [4.78, 5) is 8.35. The molecule has 0 amide bonds. The van der Waals surface area contributed by atoms with Crippen LogP contribution in [0.25, 0.3) is 10.9 Å². The number of aromatic nitrogens is 2. The van der Waals surface area contributed by atoms with Crippen molar-refractivity contribution in [3.63, 3.8) is 0 Å². The van der Waals surface area contributed by atoms with Gasteiger partial charge in [0.05, 0.1) is 16.8 Å². The van der Waals surface area contributed by atoms with Crippen LogP contribution in [0.5, 0.6) is 0 Å². The predicted molar refractivity (Wildman–Crippen MR) is 82.7 cm³/mol. The normalized spacial score (nSPS) is 11.8. The van der Waals surface area contributed by atoms with Gasteiger partial charge in [0.2, 0.25) is 0 Å². The lowest BCUT2D eigenvalue weighted by molar-refractivity contribution is 0.881. The van der Waals surface area contributed by atoms with E-state index in [1.165, 1.54) is 0 Å². The second kappa shape index (κ2) is 5.59. The van der Waals surface area contributed by atoms with Crippen LogP contribution < -0.4 is 5.32 Å². The minimum atomic E-state index is 0.0749. The summed E-state index contributed by atoms with van der Waals surface area (Å²) in [5.41, 5.74) is 3.37. The van der Waals surface area contributed by atoms with E-state index < -0.39 is 0 Å². The summed E-state index contributed by atoms with van der Waals surface area (Å²) < 4.78 is 0. The van der Waals surface area contributed by atoms with E-state index in [0.717, 1.165) is 22.2 Å². The van der Waals surface area contributed by atoms with Gasteiger partial charge >= 0.3 is 0 Å². The molecule has 3 rings (SSSR count). The summed E-state index contributed by atoms with van der Waals surface area (Å²) in [5.74, 6) is 0. The number of para-hydroxylation sites is 1. The first-order chi connectivity index (χ1) is 10.3. The molecule has 4 heteroatoms. The fourth-order valence-electron chi connectivity index (χ4n) is 2.33. The van der Waals surface area contributed by atoms with Crippen LogP contribution in [0, 0.1) is 11.3 Å². The van der Waals surface area contributed by atoms with Crippen molar-refractivity contribution in [2.45, 2.75) is 13.0 Å². The Labute approximate surface area is 123 Å². The Morgan fingerprint density at radius 2 is 1.90 bits per heavy atom. The molecule has 0 aliphatic heterocycles. The van der Waals surface area contributed by atoms with Crippen LogP contribution >= 0.6 is 0 Å². The minimum Gasteiger partial charge on any atom is -0.377 e. The number of fused-ring (bicyclic) bond motifs is 1. The number of pyridine rings is 2. The van der Waals surface area contributed by atoms with Crippen LogP contribution in [0.15, 0.2) is 55.0 Å². The SMILES string of the molecule is C[C@H](Nc1c(C#N)cnc2ccccc12)c1ccncc1. The van der Waals surface area contributed by atoms with Gasteiger partial charge in [-0.3, -0.25) is 9.97 Å². The molecule has 2 aromatic heterocycles. The van der Waals surface area contributed by atoms with E-state index in [1.807, 2.05) is 36.4 Å². The lowest BCUT2D eigenvalue weighted by Gasteiger charge is -2.18. The first-order valence-corrected chi connectivity index (χ1v) is 6.74. The quantitative estimate of drug-likeness (QED) is 0.791. The fraction of sp³-hybridized carbons (Fsp3) is 0.118. The third-order valence-corrected chi connectivity index (χ3v) is 3.46. The van der Waals surface area contributed by atoms with Crippen molar-refractivity contribution in [2.24, 2.45) is 0 Å². The molecule has 0 spiro atoms. The Bertz CT molecular complexity index is 806. The Balaban J connectivity index is 2.05. The van der Waals surface area contributed by atoms with Crippen LogP contribution in [0.4, 0.5) is 5.69 Å². The molecule has 0 saturated carbocycles. The van der Waals surface area contributed by atoms with Crippen molar-refractivity contribution >= 4 is 16.6 Å². The van der Waals surface area contributed by atoms with E-state index in [1.54, 1.807) is 18.6 Å². The molecule has 0 saturated heterocycles. The van der Waals surface area contributed by atoms with Gasteiger partial charge in [-0.05, 0) is 30.7 Å². The Morgan fingerprint density at radius 1 is 1.14 bits per heavy atom. The summed E-state index contributed by atoms with van der Waals surface area (Å²) >= 11 is 0. The largest absolute Gasteiger partial charge is 0.377 e. The van der Waals surface area contributed by atoms with Crippen LogP contribution in [0.2, 0.25) is 0 Å². The number of hydrogen-bond donors (Lipinski definition) is 1. The first kappa shape index (κ1) is 13.1. The van der Waals surface area contributed by atoms with Gasteiger partial charge in [-0.15, -0.1) is 0 Å². The van der Waals surface area contributed by atoms with Crippen LogP contribution in [0.3, 0.4) is 0 Å². The van der Waals surface area contributed by atoms with E-state index in [0.29, 0.717) is 5.56 Å². The number of hydrogen-bond acceptors (Lipinski definition) is 4. The molecule has 0 bridgehead atoms. The summed E-state index contributed by atoms with van der Waals surface area (Å²) in [6, 6.07) is 14.0. The standard InChI is InChI=1S/C17H14N4/c1-12(13-6-8-19-9-7-13)21-17-14(10-18)11-20-16-5-3-2-4-15(16)17/h2-9,11-12H,1H3,(H,20,21)/t12-/m0/s1. The fourth-order valence-corrected chi connectivity index (χ4v) is 2.33. The molecule has 0 fully saturated rings. The molecular formula is C17H14N4. The zero-order chi connectivity index (χ0) is 14.7. The van der Waals surface area contributed by atoms with Gasteiger partial charge in [0.1, 0.15) is 6.07 Å². The number of nitrogens with zero attached hydrogens (tertiary/aromatic N) is 3. The number of rotatable bonds is 3. The summed E-state index contributed by atoms with van der Waals surface area (Å²) in [6.07, 6.45) is 5.15. The molecule has 1 aromatic carbocycles. The number of nitriles is 1. The number of nitrogens with one attached hydrogen (secondary N) is 1. The number of anilines is 1. The zero-order valence-electron chi connectivity index (χ0n) is 11.6. The molecule has 3 aromatic rings. The zero-order valence-corrected chi connectivity index (χ0v) is 11.6. The molecule has 4 nitrogen and oxygen atoms in total. The number of benzene rings is 1. The van der Waals surface area contributed by atoms with Crippen LogP contribution in [0.1, 0.15) is 24.1 Å². The molecular weight excluding hydrogens is 260 g/mol. The van der Waals surface area contributed by atoms with Crippen LogP contribution in [-0.2, 0) is 0 Å². The molecule has 0 unspecified atom stereocenters. The second-order valence-electron chi connectivity index (χ2n) is 4.82. The van der Waals surface area contributed by atoms with E-state index in [9.17, 15) is 5.26 Å². The topological polar surface area (TPSA) is 61.6 Å². The van der Waals surface area contributed by atoms with E-state index in [4.69, 9.17) is 0 Å². The van der Waals surface area contributed by atoms with Gasteiger partial charge in [0.25, 0.3) is 0 Å². The predicted octanol–water partition coefficient (Wildman–Crippen LogP) is 3.67. The first-order valence-electron chi connectivity index (χ1n) is 6.74. The van der Waals surface area contributed by atoms with Crippen molar-refractivity contribution in [3.05, 3.63) is 66.1 Å². The third kappa shape index (κ3) is 2.54. The van der Waals surface area contributed by atoms with Crippen molar-refractivity contribution < 1.29 is 0 Å². The van der Waals surface area contributed by atoms with Gasteiger partial charge in [0.15, 0.2) is 0 Å². The summed E-state index contributed by atoms with van der Waals surface area (Å²) in [7, 11) is 0. The van der Waals surface area contributed by atoms with Gasteiger partial charge < -0.3 is 5.32 Å². The van der Waals surface area contributed by atoms with Crippen LogP contribution in [-0.4, -0.2) is 9.97 Å². The summed E-state index contributed by atoms with van der Waals surface area (Å²) in [5, 5.41) is 13.7. The highest BCUT2D eigenvalue weighted by atomic mass is 14.9. The van der Waals surface area contributed by atoms with Crippen molar-refractivity contribution in [1.82, 2.24) is 9.97 Å². The molecule has 21 heavy (non-hydrogen) atoms. The monoisotopic (exact) mass is 274 g/mol. The molecule has 0 aliphatic rings. The van der Waals surface area contributed by atoms with Crippen molar-refractivity contribution in [3.8, 4) is 6.07 Å². The highest BCUT2D eigenvalue weighted by Gasteiger charge is 2.12. The van der Waals surface area contributed by atoms with E-state index >= 15 is 0 Å². The van der Waals surface area contributed by atoms with Gasteiger partial charge in [-0.2, -0.15) is 5.26 Å². The molecule has 1 atom stereocenters. The van der Waals surface area contributed by atoms with E-state index in [2.05, 4.69) is 28.3 Å². The molecule has 0 radical (unpaired) electrons. The van der Waals surface area contributed by atoms with Crippen molar-refractivity contribution in [1.29, 1.82) is 5.26 Å². The maximum absolute atomic E-state index is 9.32. The van der Waals surface area contributed by atoms with E-state index in [-0.39, 0.29) is 6.04 Å². The summed E-state index contributed by atoms with van der Waals surface area (Å²) in [6.45, 7) is 2.06. The second-order valence-corrected chi connectivity index (χ2v) is 4.82. The maximum Gasteiger partial charge on any atom is 0.103 e. The molecule has 1 N–H and O–H groups in total. The average molecular weight is 274 g/mol. The van der Waals surface area contributed by atoms with Crippen molar-refractivity contribution in [2.75, 3.05) is 5.32 Å². The third-order valence-electron chi connectivity index (χ3n) is 3.46. The molecule has 0 aliphatic carbocycles. The molecule has 102 valence electrons. The highest BCUT2D eigenvalue weighted by Crippen LogP contribution is 2.28. The minimum absolute atomic E-state index is 0.0749. The van der Waals surface area contributed by atoms with Gasteiger partial charge in [0, 0.05) is 30.0 Å². The van der Waals surface area contributed by atoms with Gasteiger partial charge in [-0.25, -0.2) is 0 Å². The van der Waals surface area contributed by atoms with Gasteiger partial charge in [-0.1, -0.05) is 18.2 Å². The lowest BCUT2D eigenvalue weighted by Crippen LogP contribution is -2.08. The Kier molecular flexibility index (Phi) is 3.48. The highest BCUT2D eigenvalue weighted by molar-refractivity contribution is 5.94.